The third-order valence-electron chi connectivity index (χ3n) is 4.96. The van der Waals surface area contributed by atoms with Gasteiger partial charge >= 0.3 is 5.97 Å². The van der Waals surface area contributed by atoms with E-state index in [1.165, 1.54) is 11.8 Å². The van der Waals surface area contributed by atoms with Gasteiger partial charge in [-0.05, 0) is 67.2 Å². The third-order valence-corrected chi connectivity index (χ3v) is 5.97. The SMILES string of the molecule is CCOCCN1C(=O)/C(=C/c2cccn2-c2cccc(C(=O)O)c2)SC1=Nc1ccccc1. The second-order valence-corrected chi connectivity index (χ2v) is 8.16. The Bertz CT molecular complexity index is 1220. The van der Waals surface area contributed by atoms with E-state index < -0.39 is 5.97 Å². The van der Waals surface area contributed by atoms with E-state index in [9.17, 15) is 14.7 Å². The monoisotopic (exact) mass is 461 g/mol. The molecule has 2 aromatic carbocycles. The lowest BCUT2D eigenvalue weighted by Gasteiger charge is -2.15. The Hall–Kier alpha value is -3.62. The van der Waals surface area contributed by atoms with Crippen molar-refractivity contribution < 1.29 is 19.4 Å². The van der Waals surface area contributed by atoms with Gasteiger partial charge in [0.1, 0.15) is 0 Å². The number of carbonyl (C=O) groups excluding carboxylic acids is 1. The van der Waals surface area contributed by atoms with E-state index in [4.69, 9.17) is 4.74 Å². The van der Waals surface area contributed by atoms with Gasteiger partial charge in [-0.15, -0.1) is 0 Å². The molecule has 4 rings (SSSR count). The molecule has 1 fully saturated rings. The maximum atomic E-state index is 13.2. The molecule has 168 valence electrons. The van der Waals surface area contributed by atoms with Crippen LogP contribution in [0.25, 0.3) is 11.8 Å². The van der Waals surface area contributed by atoms with Crippen LogP contribution in [0.4, 0.5) is 5.69 Å². The van der Waals surface area contributed by atoms with E-state index >= 15 is 0 Å². The zero-order valence-electron chi connectivity index (χ0n) is 18.0. The van der Waals surface area contributed by atoms with Gasteiger partial charge in [-0.2, -0.15) is 0 Å². The zero-order chi connectivity index (χ0) is 23.2. The van der Waals surface area contributed by atoms with Crippen molar-refractivity contribution in [2.24, 2.45) is 4.99 Å². The molecule has 33 heavy (non-hydrogen) atoms. The van der Waals surface area contributed by atoms with Crippen molar-refractivity contribution in [3.63, 3.8) is 0 Å². The van der Waals surface area contributed by atoms with Crippen LogP contribution in [0.1, 0.15) is 23.0 Å². The molecule has 1 saturated heterocycles. The summed E-state index contributed by atoms with van der Waals surface area (Å²) in [5.41, 5.74) is 2.43. The number of hydrogen-bond donors (Lipinski definition) is 1. The van der Waals surface area contributed by atoms with Gasteiger partial charge in [0.05, 0.1) is 29.3 Å². The van der Waals surface area contributed by atoms with Crippen LogP contribution in [0.15, 0.2) is 82.8 Å². The molecule has 1 aliphatic rings. The fourth-order valence-electron chi connectivity index (χ4n) is 3.37. The number of para-hydroxylation sites is 1. The molecule has 2 heterocycles. The van der Waals surface area contributed by atoms with Gasteiger partial charge in [0.15, 0.2) is 5.17 Å². The molecule has 1 aromatic heterocycles. The molecule has 0 spiro atoms. The molecule has 1 N–H and O–H groups in total. The molecule has 3 aromatic rings. The largest absolute Gasteiger partial charge is 0.478 e. The van der Waals surface area contributed by atoms with E-state index in [2.05, 4.69) is 4.99 Å². The second-order valence-electron chi connectivity index (χ2n) is 7.15. The topological polar surface area (TPSA) is 84.1 Å². The lowest BCUT2D eigenvalue weighted by Crippen LogP contribution is -2.32. The lowest BCUT2D eigenvalue weighted by atomic mass is 10.2. The van der Waals surface area contributed by atoms with Crippen LogP contribution < -0.4 is 0 Å². The average molecular weight is 462 g/mol. The minimum atomic E-state index is -0.989. The van der Waals surface area contributed by atoms with Crippen molar-refractivity contribution in [3.8, 4) is 5.69 Å². The Morgan fingerprint density at radius 2 is 1.94 bits per heavy atom. The number of amides is 1. The summed E-state index contributed by atoms with van der Waals surface area (Å²) in [5.74, 6) is -1.13. The van der Waals surface area contributed by atoms with Crippen LogP contribution in [0.2, 0.25) is 0 Å². The number of rotatable bonds is 8. The van der Waals surface area contributed by atoms with E-state index in [0.717, 1.165) is 11.4 Å². The lowest BCUT2D eigenvalue weighted by molar-refractivity contribution is -0.122. The Morgan fingerprint density at radius 1 is 1.12 bits per heavy atom. The molecule has 0 atom stereocenters. The Labute approximate surface area is 196 Å². The number of aromatic carboxylic acids is 1. The second kappa shape index (κ2) is 10.3. The Morgan fingerprint density at radius 3 is 2.70 bits per heavy atom. The normalized spacial score (nSPS) is 16.2. The highest BCUT2D eigenvalue weighted by molar-refractivity contribution is 8.18. The van der Waals surface area contributed by atoms with Crippen molar-refractivity contribution in [2.45, 2.75) is 6.92 Å². The van der Waals surface area contributed by atoms with E-state index in [0.29, 0.717) is 35.5 Å². The van der Waals surface area contributed by atoms with Gasteiger partial charge < -0.3 is 14.4 Å². The molecular weight excluding hydrogens is 438 g/mol. The first-order valence-electron chi connectivity index (χ1n) is 10.5. The quantitative estimate of drug-likeness (QED) is 0.384. The molecule has 0 bridgehead atoms. The number of aromatic nitrogens is 1. The van der Waals surface area contributed by atoms with Gasteiger partial charge in [-0.25, -0.2) is 9.79 Å². The highest BCUT2D eigenvalue weighted by atomic mass is 32.2. The first-order chi connectivity index (χ1) is 16.1. The molecule has 1 amide bonds. The standard InChI is InChI=1S/C25H23N3O4S/c1-2-32-15-14-28-23(29)22(33-25(28)26-19-9-4-3-5-10-19)17-21-12-7-13-27(21)20-11-6-8-18(16-20)24(30)31/h3-13,16-17H,2,14-15H2,1H3,(H,30,31)/b22-17-,26-25?. The molecule has 7 nitrogen and oxygen atoms in total. The Balaban J connectivity index is 1.67. The fraction of sp³-hybridized carbons (Fsp3) is 0.160. The summed E-state index contributed by atoms with van der Waals surface area (Å²) < 4.78 is 7.31. The summed E-state index contributed by atoms with van der Waals surface area (Å²) in [7, 11) is 0. The molecule has 1 aliphatic heterocycles. The minimum absolute atomic E-state index is 0.138. The number of carboxylic acid groups (broad SMARTS) is 1. The number of benzene rings is 2. The summed E-state index contributed by atoms with van der Waals surface area (Å²) in [6.45, 7) is 3.32. The van der Waals surface area contributed by atoms with Crippen LogP contribution >= 0.6 is 11.8 Å². The molecule has 0 saturated carbocycles. The van der Waals surface area contributed by atoms with E-state index in [1.807, 2.05) is 72.3 Å². The fourth-order valence-corrected chi connectivity index (χ4v) is 4.38. The van der Waals surface area contributed by atoms with Crippen LogP contribution in [0.5, 0.6) is 0 Å². The molecular formula is C25H23N3O4S. The minimum Gasteiger partial charge on any atom is -0.478 e. The highest BCUT2D eigenvalue weighted by Gasteiger charge is 2.33. The average Bonchev–Trinajstić information content (AvgIpc) is 3.40. The number of amidine groups is 1. The first-order valence-corrected chi connectivity index (χ1v) is 11.3. The number of ether oxygens (including phenoxy) is 1. The predicted molar refractivity (Wildman–Crippen MR) is 130 cm³/mol. The number of aliphatic imine (C=N–C) groups is 1. The third kappa shape index (κ3) is 5.24. The summed E-state index contributed by atoms with van der Waals surface area (Å²) in [4.78, 5) is 31.4. The van der Waals surface area contributed by atoms with Gasteiger partial charge in [0.25, 0.3) is 5.91 Å². The van der Waals surface area contributed by atoms with Crippen molar-refractivity contribution >= 4 is 40.6 Å². The van der Waals surface area contributed by atoms with Crippen LogP contribution in [0, 0.1) is 0 Å². The molecule has 8 heteroatoms. The number of carboxylic acids is 1. The molecule has 0 aliphatic carbocycles. The maximum absolute atomic E-state index is 13.2. The number of nitrogens with zero attached hydrogens (tertiary/aromatic N) is 3. The van der Waals surface area contributed by atoms with Gasteiger partial charge in [-0.3, -0.25) is 9.69 Å². The van der Waals surface area contributed by atoms with Gasteiger partial charge in [0, 0.05) is 24.2 Å². The van der Waals surface area contributed by atoms with Crippen molar-refractivity contribution in [1.82, 2.24) is 9.47 Å². The smallest absolute Gasteiger partial charge is 0.335 e. The first kappa shape index (κ1) is 22.6. The number of carbonyl (C=O) groups is 2. The van der Waals surface area contributed by atoms with E-state index in [-0.39, 0.29) is 11.5 Å². The summed E-state index contributed by atoms with van der Waals surface area (Å²) in [6.07, 6.45) is 3.64. The summed E-state index contributed by atoms with van der Waals surface area (Å²) >= 11 is 1.31. The van der Waals surface area contributed by atoms with Crippen molar-refractivity contribution in [1.29, 1.82) is 0 Å². The molecule has 0 unspecified atom stereocenters. The van der Waals surface area contributed by atoms with Gasteiger partial charge in [-0.1, -0.05) is 24.3 Å². The number of hydrogen-bond acceptors (Lipinski definition) is 5. The van der Waals surface area contributed by atoms with Gasteiger partial charge in [0.2, 0.25) is 0 Å². The maximum Gasteiger partial charge on any atom is 0.335 e. The van der Waals surface area contributed by atoms with Crippen LogP contribution in [-0.4, -0.2) is 51.4 Å². The van der Waals surface area contributed by atoms with Crippen molar-refractivity contribution in [2.75, 3.05) is 19.8 Å². The van der Waals surface area contributed by atoms with E-state index in [1.54, 1.807) is 23.1 Å². The van der Waals surface area contributed by atoms with Crippen LogP contribution in [0.3, 0.4) is 0 Å². The molecule has 0 radical (unpaired) electrons. The Kier molecular flexibility index (Phi) is 7.07. The summed E-state index contributed by atoms with van der Waals surface area (Å²) in [6, 6.07) is 19.9. The highest BCUT2D eigenvalue weighted by Crippen LogP contribution is 2.34. The summed E-state index contributed by atoms with van der Waals surface area (Å²) in [5, 5.41) is 9.91. The number of thioether (sulfide) groups is 1. The van der Waals surface area contributed by atoms with Crippen LogP contribution in [-0.2, 0) is 9.53 Å². The van der Waals surface area contributed by atoms with Crippen molar-refractivity contribution in [3.05, 3.63) is 89.1 Å². The predicted octanol–water partition coefficient (Wildman–Crippen LogP) is 4.82. The zero-order valence-corrected chi connectivity index (χ0v) is 18.9.